The van der Waals surface area contributed by atoms with E-state index in [1.54, 1.807) is 12.1 Å². The van der Waals surface area contributed by atoms with E-state index < -0.39 is 28.1 Å². The molecule has 0 aromatic heterocycles. The molecule has 6 nitrogen and oxygen atoms in total. The zero-order chi connectivity index (χ0) is 15.1. The summed E-state index contributed by atoms with van der Waals surface area (Å²) < 4.78 is 26.3. The van der Waals surface area contributed by atoms with Crippen LogP contribution < -0.4 is 0 Å². The lowest BCUT2D eigenvalue weighted by Crippen LogP contribution is -2.40. The number of aliphatic carboxylic acids is 1. The van der Waals surface area contributed by atoms with Gasteiger partial charge in [-0.1, -0.05) is 6.07 Å². The van der Waals surface area contributed by atoms with Gasteiger partial charge in [0.1, 0.15) is 6.04 Å². The normalized spacial score (nSPS) is 23.9. The molecule has 2 rings (SSSR count). The molecule has 0 amide bonds. The van der Waals surface area contributed by atoms with E-state index >= 15 is 0 Å². The molecule has 1 saturated heterocycles. The summed E-state index contributed by atoms with van der Waals surface area (Å²) in [5.74, 6) is -1.26. The van der Waals surface area contributed by atoms with Gasteiger partial charge in [-0.15, -0.1) is 0 Å². The van der Waals surface area contributed by atoms with Crippen LogP contribution in [0, 0.1) is 6.92 Å². The molecule has 0 bridgehead atoms. The molecule has 0 spiro atoms. The van der Waals surface area contributed by atoms with Crippen LogP contribution >= 0.6 is 15.9 Å². The monoisotopic (exact) mass is 363 g/mol. The minimum atomic E-state index is -3.97. The van der Waals surface area contributed by atoms with Crippen LogP contribution in [0.1, 0.15) is 12.0 Å². The molecule has 1 aliphatic heterocycles. The van der Waals surface area contributed by atoms with Crippen molar-refractivity contribution < 1.29 is 23.4 Å². The third kappa shape index (κ3) is 2.73. The molecule has 1 aliphatic rings. The fourth-order valence-electron chi connectivity index (χ4n) is 2.22. The average Bonchev–Trinajstić information content (AvgIpc) is 2.71. The molecule has 110 valence electrons. The third-order valence-corrected chi connectivity index (χ3v) is 6.04. The average molecular weight is 364 g/mol. The molecule has 1 fully saturated rings. The lowest BCUT2D eigenvalue weighted by Gasteiger charge is -2.21. The molecule has 1 aromatic rings. The molecule has 0 unspecified atom stereocenters. The van der Waals surface area contributed by atoms with Gasteiger partial charge in [-0.2, -0.15) is 4.31 Å². The van der Waals surface area contributed by atoms with E-state index in [-0.39, 0.29) is 17.9 Å². The number of aryl methyl sites for hydroxylation is 1. The summed E-state index contributed by atoms with van der Waals surface area (Å²) in [5.41, 5.74) is 0.882. The van der Waals surface area contributed by atoms with Gasteiger partial charge in [0.05, 0.1) is 11.0 Å². The molecular formula is C12H14BrNO5S. The van der Waals surface area contributed by atoms with Crippen molar-refractivity contribution in [2.24, 2.45) is 0 Å². The Hall–Kier alpha value is -0.960. The largest absolute Gasteiger partial charge is 0.480 e. The first kappa shape index (κ1) is 15.4. The number of benzene rings is 1. The second-order valence-electron chi connectivity index (χ2n) is 4.75. The Morgan fingerprint density at radius 1 is 1.45 bits per heavy atom. The Morgan fingerprint density at radius 2 is 2.10 bits per heavy atom. The Morgan fingerprint density at radius 3 is 2.65 bits per heavy atom. The van der Waals surface area contributed by atoms with Gasteiger partial charge in [0, 0.05) is 17.4 Å². The molecule has 1 heterocycles. The van der Waals surface area contributed by atoms with E-state index in [0.29, 0.717) is 4.47 Å². The zero-order valence-corrected chi connectivity index (χ0v) is 13.1. The lowest BCUT2D eigenvalue weighted by atomic mass is 10.2. The third-order valence-electron chi connectivity index (χ3n) is 3.19. The molecule has 0 saturated carbocycles. The number of carboxylic acids is 1. The van der Waals surface area contributed by atoms with Crippen LogP contribution in [0.4, 0.5) is 0 Å². The summed E-state index contributed by atoms with van der Waals surface area (Å²) in [6.07, 6.45) is -1.06. The predicted octanol–water partition coefficient (Wildman–Crippen LogP) is 0.966. The molecule has 2 atom stereocenters. The van der Waals surface area contributed by atoms with E-state index in [0.717, 1.165) is 9.87 Å². The van der Waals surface area contributed by atoms with Crippen molar-refractivity contribution >= 4 is 31.9 Å². The van der Waals surface area contributed by atoms with E-state index in [1.165, 1.54) is 6.07 Å². The van der Waals surface area contributed by atoms with E-state index in [1.807, 2.05) is 6.92 Å². The number of rotatable bonds is 3. The van der Waals surface area contributed by atoms with Gasteiger partial charge in [0.15, 0.2) is 0 Å². The highest BCUT2D eigenvalue weighted by molar-refractivity contribution is 9.10. The Kier molecular flexibility index (Phi) is 4.19. The second-order valence-corrected chi connectivity index (χ2v) is 7.47. The molecule has 2 N–H and O–H groups in total. The maximum atomic E-state index is 12.5. The number of carbonyl (C=O) groups is 1. The molecule has 0 aliphatic carbocycles. The Bertz CT molecular complexity index is 645. The van der Waals surface area contributed by atoms with Crippen molar-refractivity contribution in [1.29, 1.82) is 0 Å². The summed E-state index contributed by atoms with van der Waals surface area (Å²) in [4.78, 5) is 11.1. The van der Waals surface area contributed by atoms with Crippen molar-refractivity contribution in [3.05, 3.63) is 28.2 Å². The maximum absolute atomic E-state index is 12.5. The Labute approximate surface area is 125 Å². The number of hydrogen-bond donors (Lipinski definition) is 2. The van der Waals surface area contributed by atoms with Crippen molar-refractivity contribution in [3.63, 3.8) is 0 Å². The van der Waals surface area contributed by atoms with E-state index in [4.69, 9.17) is 5.11 Å². The summed E-state index contributed by atoms with van der Waals surface area (Å²) in [6, 6.07) is 3.48. The van der Waals surface area contributed by atoms with Crippen molar-refractivity contribution in [3.8, 4) is 0 Å². The first-order valence-corrected chi connectivity index (χ1v) is 8.15. The van der Waals surface area contributed by atoms with Crippen LogP contribution in [0.15, 0.2) is 27.6 Å². The first-order valence-electron chi connectivity index (χ1n) is 5.92. The van der Waals surface area contributed by atoms with Gasteiger partial charge in [-0.05, 0) is 40.5 Å². The number of aliphatic hydroxyl groups is 1. The minimum absolute atomic E-state index is 0.00319. The van der Waals surface area contributed by atoms with Gasteiger partial charge in [0.25, 0.3) is 0 Å². The van der Waals surface area contributed by atoms with Gasteiger partial charge in [0.2, 0.25) is 10.0 Å². The fraction of sp³-hybridized carbons (Fsp3) is 0.417. The minimum Gasteiger partial charge on any atom is -0.480 e. The summed E-state index contributed by atoms with van der Waals surface area (Å²) in [7, 11) is -3.97. The predicted molar refractivity (Wildman–Crippen MR) is 74.8 cm³/mol. The van der Waals surface area contributed by atoms with Crippen LogP contribution in [0.2, 0.25) is 0 Å². The van der Waals surface area contributed by atoms with Crippen LogP contribution in [0.5, 0.6) is 0 Å². The topological polar surface area (TPSA) is 94.9 Å². The van der Waals surface area contributed by atoms with Gasteiger partial charge < -0.3 is 10.2 Å². The van der Waals surface area contributed by atoms with Crippen LogP contribution in [0.3, 0.4) is 0 Å². The quantitative estimate of drug-likeness (QED) is 0.833. The first-order chi connectivity index (χ1) is 9.23. The molecule has 0 radical (unpaired) electrons. The summed E-state index contributed by atoms with van der Waals surface area (Å²) >= 11 is 3.19. The SMILES string of the molecule is Cc1ccc(S(=O)(=O)N2C[C@H](O)C[C@H]2C(=O)O)c(Br)c1. The molecular weight excluding hydrogens is 350 g/mol. The number of β-amino-alcohol motifs (C(OH)–C–C–N with tert-alkyl or cyclic N) is 1. The number of sulfonamides is 1. The molecule has 20 heavy (non-hydrogen) atoms. The highest BCUT2D eigenvalue weighted by atomic mass is 79.9. The zero-order valence-electron chi connectivity index (χ0n) is 10.7. The van der Waals surface area contributed by atoms with Gasteiger partial charge >= 0.3 is 5.97 Å². The number of aliphatic hydroxyl groups excluding tert-OH is 1. The van der Waals surface area contributed by atoms with E-state index in [2.05, 4.69) is 15.9 Å². The fourth-order valence-corrected chi connectivity index (χ4v) is 5.00. The Balaban J connectivity index is 2.46. The number of nitrogens with zero attached hydrogens (tertiary/aromatic N) is 1. The van der Waals surface area contributed by atoms with E-state index in [9.17, 15) is 18.3 Å². The van der Waals surface area contributed by atoms with Crippen molar-refractivity contribution in [2.75, 3.05) is 6.54 Å². The number of hydrogen-bond acceptors (Lipinski definition) is 4. The summed E-state index contributed by atoms with van der Waals surface area (Å²) in [5, 5.41) is 18.7. The summed E-state index contributed by atoms with van der Waals surface area (Å²) in [6.45, 7) is 1.61. The highest BCUT2D eigenvalue weighted by Gasteiger charge is 2.44. The number of carboxylic acid groups (broad SMARTS) is 1. The maximum Gasteiger partial charge on any atom is 0.322 e. The second kappa shape index (κ2) is 5.44. The smallest absolute Gasteiger partial charge is 0.322 e. The number of halogens is 1. The highest BCUT2D eigenvalue weighted by Crippen LogP contribution is 2.31. The standard InChI is InChI=1S/C12H14BrNO5S/c1-7-2-3-11(9(13)4-7)20(18,19)14-6-8(15)5-10(14)12(16)17/h2-4,8,10,15H,5-6H2,1H3,(H,16,17)/t8-,10+/m1/s1. The van der Waals surface area contributed by atoms with Gasteiger partial charge in [-0.3, -0.25) is 4.79 Å². The van der Waals surface area contributed by atoms with Crippen molar-refractivity contribution in [2.45, 2.75) is 30.4 Å². The van der Waals surface area contributed by atoms with Crippen molar-refractivity contribution in [1.82, 2.24) is 4.31 Å². The van der Waals surface area contributed by atoms with Crippen LogP contribution in [-0.4, -0.2) is 47.6 Å². The van der Waals surface area contributed by atoms with Crippen LogP contribution in [0.25, 0.3) is 0 Å². The lowest BCUT2D eigenvalue weighted by molar-refractivity contribution is -0.140. The van der Waals surface area contributed by atoms with Crippen LogP contribution in [-0.2, 0) is 14.8 Å². The molecule has 1 aromatic carbocycles. The van der Waals surface area contributed by atoms with Gasteiger partial charge in [-0.25, -0.2) is 8.42 Å². The molecule has 8 heteroatoms.